The number of aryl methyl sites for hydroxylation is 1. The van der Waals surface area contributed by atoms with Gasteiger partial charge in [0.05, 0.1) is 29.7 Å². The number of carbonyl (C=O) groups excluding carboxylic acids is 2. The Balaban J connectivity index is 1.63. The summed E-state index contributed by atoms with van der Waals surface area (Å²) in [5.74, 6) is -0.694. The van der Waals surface area contributed by atoms with Crippen LogP contribution in [0.2, 0.25) is 0 Å². The molecular formula is C23H28FN3O4. The van der Waals surface area contributed by atoms with Gasteiger partial charge in [-0.1, -0.05) is 6.92 Å². The summed E-state index contributed by atoms with van der Waals surface area (Å²) in [7, 11) is 0. The number of nitrogens with zero attached hydrogens (tertiary/aromatic N) is 2. The smallest absolute Gasteiger partial charge is 0.414 e. The summed E-state index contributed by atoms with van der Waals surface area (Å²) in [6.07, 6.45) is 2.03. The van der Waals surface area contributed by atoms with Crippen molar-refractivity contribution in [3.05, 3.63) is 59.2 Å². The third kappa shape index (κ3) is 6.01. The molecule has 0 aliphatic carbocycles. The van der Waals surface area contributed by atoms with Crippen molar-refractivity contribution in [1.29, 1.82) is 0 Å². The van der Waals surface area contributed by atoms with E-state index < -0.39 is 11.9 Å². The van der Waals surface area contributed by atoms with Gasteiger partial charge in [-0.15, -0.1) is 0 Å². The summed E-state index contributed by atoms with van der Waals surface area (Å²) < 4.78 is 23.7. The predicted molar refractivity (Wildman–Crippen MR) is 115 cm³/mol. The number of rotatable bonds is 8. The SMILES string of the molecule is CCCOCCOC(=O)N1CCCc2nc(C(C)NC(=O)c3ccc(F)cc3)ccc21. The molecule has 2 amide bonds. The number of hydrogen-bond donors (Lipinski definition) is 1. The lowest BCUT2D eigenvalue weighted by Crippen LogP contribution is -2.37. The number of aromatic nitrogens is 1. The first kappa shape index (κ1) is 22.7. The first-order chi connectivity index (χ1) is 15.0. The monoisotopic (exact) mass is 429 g/mol. The molecule has 0 fully saturated rings. The molecule has 2 heterocycles. The van der Waals surface area contributed by atoms with E-state index in [4.69, 9.17) is 9.47 Å². The van der Waals surface area contributed by atoms with Crippen LogP contribution in [0.5, 0.6) is 0 Å². The molecule has 166 valence electrons. The molecule has 1 unspecified atom stereocenters. The Bertz CT molecular complexity index is 904. The minimum absolute atomic E-state index is 0.211. The van der Waals surface area contributed by atoms with Crippen LogP contribution in [0.3, 0.4) is 0 Å². The first-order valence-electron chi connectivity index (χ1n) is 10.6. The normalized spacial score (nSPS) is 14.0. The summed E-state index contributed by atoms with van der Waals surface area (Å²) >= 11 is 0. The number of amides is 2. The maximum atomic E-state index is 13.1. The second kappa shape index (κ2) is 10.9. The minimum atomic E-state index is -0.409. The van der Waals surface area contributed by atoms with Gasteiger partial charge in [0.25, 0.3) is 5.91 Å². The van der Waals surface area contributed by atoms with E-state index in [1.165, 1.54) is 24.3 Å². The predicted octanol–water partition coefficient (Wildman–Crippen LogP) is 4.03. The molecule has 0 radical (unpaired) electrons. The molecule has 0 saturated carbocycles. The Labute approximate surface area is 181 Å². The second-order valence-corrected chi connectivity index (χ2v) is 7.39. The molecule has 0 saturated heterocycles. The van der Waals surface area contributed by atoms with Crippen molar-refractivity contribution in [2.24, 2.45) is 0 Å². The summed E-state index contributed by atoms with van der Waals surface area (Å²) in [5.41, 5.74) is 2.60. The largest absolute Gasteiger partial charge is 0.447 e. The molecule has 1 N–H and O–H groups in total. The van der Waals surface area contributed by atoms with Gasteiger partial charge in [0.1, 0.15) is 12.4 Å². The van der Waals surface area contributed by atoms with Crippen LogP contribution in [0, 0.1) is 5.82 Å². The summed E-state index contributed by atoms with van der Waals surface area (Å²) in [6, 6.07) is 8.67. The van der Waals surface area contributed by atoms with Gasteiger partial charge >= 0.3 is 6.09 Å². The van der Waals surface area contributed by atoms with Gasteiger partial charge in [-0.25, -0.2) is 9.18 Å². The highest BCUT2D eigenvalue weighted by Gasteiger charge is 2.25. The Hall–Kier alpha value is -3.00. The molecule has 7 nitrogen and oxygen atoms in total. The molecule has 1 aromatic heterocycles. The number of carbonyl (C=O) groups is 2. The first-order valence-corrected chi connectivity index (χ1v) is 10.6. The zero-order chi connectivity index (χ0) is 22.2. The number of pyridine rings is 1. The fraction of sp³-hybridized carbons (Fsp3) is 0.435. The quantitative estimate of drug-likeness (QED) is 0.641. The standard InChI is InChI=1S/C23H28FN3O4/c1-3-13-30-14-15-31-23(29)27-12-4-5-20-21(27)11-10-19(26-20)16(2)25-22(28)17-6-8-18(24)9-7-17/h6-11,16H,3-5,12-15H2,1-2H3,(H,25,28). The lowest BCUT2D eigenvalue weighted by atomic mass is 10.1. The number of nitrogens with one attached hydrogen (secondary N) is 1. The van der Waals surface area contributed by atoms with Crippen molar-refractivity contribution in [2.75, 3.05) is 31.3 Å². The highest BCUT2D eigenvalue weighted by atomic mass is 19.1. The van der Waals surface area contributed by atoms with Crippen LogP contribution in [0.15, 0.2) is 36.4 Å². The van der Waals surface area contributed by atoms with Crippen LogP contribution in [0.1, 0.15) is 54.5 Å². The number of anilines is 1. The summed E-state index contributed by atoms with van der Waals surface area (Å²) in [5, 5.41) is 2.87. The lowest BCUT2D eigenvalue weighted by Gasteiger charge is -2.29. The van der Waals surface area contributed by atoms with Crippen molar-refractivity contribution in [3.63, 3.8) is 0 Å². The van der Waals surface area contributed by atoms with Gasteiger partial charge in [0.2, 0.25) is 0 Å². The van der Waals surface area contributed by atoms with Crippen LogP contribution < -0.4 is 10.2 Å². The molecule has 0 bridgehead atoms. The molecule has 31 heavy (non-hydrogen) atoms. The van der Waals surface area contributed by atoms with E-state index in [0.29, 0.717) is 31.0 Å². The van der Waals surface area contributed by atoms with Gasteiger partial charge in [-0.3, -0.25) is 14.7 Å². The number of fused-ring (bicyclic) bond motifs is 1. The van der Waals surface area contributed by atoms with Gasteiger partial charge < -0.3 is 14.8 Å². The third-order valence-electron chi connectivity index (χ3n) is 4.98. The topological polar surface area (TPSA) is 80.8 Å². The van der Waals surface area contributed by atoms with E-state index in [0.717, 1.165) is 30.6 Å². The highest BCUT2D eigenvalue weighted by molar-refractivity contribution is 5.94. The van der Waals surface area contributed by atoms with Crippen molar-refractivity contribution < 1.29 is 23.5 Å². The molecule has 2 aromatic rings. The minimum Gasteiger partial charge on any atom is -0.447 e. The number of halogens is 1. The zero-order valence-electron chi connectivity index (χ0n) is 17.9. The number of ether oxygens (including phenoxy) is 2. The molecule has 1 aliphatic rings. The van der Waals surface area contributed by atoms with Gasteiger partial charge in [0, 0.05) is 18.7 Å². The number of benzene rings is 1. The lowest BCUT2D eigenvalue weighted by molar-refractivity contribution is 0.0757. The molecular weight excluding hydrogens is 401 g/mol. The summed E-state index contributed by atoms with van der Waals surface area (Å²) in [4.78, 5) is 31.1. The average molecular weight is 429 g/mol. The van der Waals surface area contributed by atoms with Gasteiger partial charge in [-0.05, 0) is 62.6 Å². The average Bonchev–Trinajstić information content (AvgIpc) is 2.78. The Kier molecular flexibility index (Phi) is 7.94. The molecule has 3 rings (SSSR count). The Morgan fingerprint density at radius 3 is 2.68 bits per heavy atom. The maximum Gasteiger partial charge on any atom is 0.414 e. The van der Waals surface area contributed by atoms with Gasteiger partial charge in [-0.2, -0.15) is 0 Å². The highest BCUT2D eigenvalue weighted by Crippen LogP contribution is 2.28. The van der Waals surface area contributed by atoms with E-state index in [1.807, 2.05) is 19.9 Å². The van der Waals surface area contributed by atoms with Gasteiger partial charge in [0.15, 0.2) is 0 Å². The fourth-order valence-electron chi connectivity index (χ4n) is 3.36. The van der Waals surface area contributed by atoms with Crippen LogP contribution in [-0.4, -0.2) is 43.3 Å². The van der Waals surface area contributed by atoms with E-state index in [-0.39, 0.29) is 18.6 Å². The second-order valence-electron chi connectivity index (χ2n) is 7.39. The molecule has 1 atom stereocenters. The van der Waals surface area contributed by atoms with Crippen molar-refractivity contribution >= 4 is 17.7 Å². The van der Waals surface area contributed by atoms with Crippen LogP contribution in [0.4, 0.5) is 14.9 Å². The van der Waals surface area contributed by atoms with E-state index in [9.17, 15) is 14.0 Å². The zero-order valence-corrected chi connectivity index (χ0v) is 17.9. The molecule has 1 aromatic carbocycles. The molecule has 1 aliphatic heterocycles. The van der Waals surface area contributed by atoms with E-state index in [2.05, 4.69) is 10.3 Å². The van der Waals surface area contributed by atoms with Crippen molar-refractivity contribution in [3.8, 4) is 0 Å². The Morgan fingerprint density at radius 1 is 1.16 bits per heavy atom. The van der Waals surface area contributed by atoms with Crippen molar-refractivity contribution in [2.45, 2.75) is 39.2 Å². The van der Waals surface area contributed by atoms with Crippen LogP contribution >= 0.6 is 0 Å². The number of hydrogen-bond acceptors (Lipinski definition) is 5. The molecule has 8 heteroatoms. The molecule has 0 spiro atoms. The third-order valence-corrected chi connectivity index (χ3v) is 4.98. The Morgan fingerprint density at radius 2 is 1.94 bits per heavy atom. The van der Waals surface area contributed by atoms with Crippen molar-refractivity contribution in [1.82, 2.24) is 10.3 Å². The summed E-state index contributed by atoms with van der Waals surface area (Å²) in [6.45, 7) is 5.66. The van der Waals surface area contributed by atoms with E-state index >= 15 is 0 Å². The van der Waals surface area contributed by atoms with Crippen LogP contribution in [0.25, 0.3) is 0 Å². The maximum absolute atomic E-state index is 13.1. The van der Waals surface area contributed by atoms with E-state index in [1.54, 1.807) is 11.0 Å². The fourth-order valence-corrected chi connectivity index (χ4v) is 3.36. The van der Waals surface area contributed by atoms with Crippen LogP contribution in [-0.2, 0) is 15.9 Å².